The molecule has 2 aromatic rings. The minimum Gasteiger partial charge on any atom is -0.497 e. The van der Waals surface area contributed by atoms with Crippen molar-refractivity contribution >= 4 is 27.7 Å². The van der Waals surface area contributed by atoms with Crippen LogP contribution in [0.4, 0.5) is 0 Å². The second-order valence-corrected chi connectivity index (χ2v) is 9.05. The van der Waals surface area contributed by atoms with Crippen LogP contribution in [0.15, 0.2) is 53.4 Å². The van der Waals surface area contributed by atoms with Crippen LogP contribution in [0, 0.1) is 0 Å². The van der Waals surface area contributed by atoms with Crippen molar-refractivity contribution in [2.75, 3.05) is 20.7 Å². The second-order valence-electron chi connectivity index (χ2n) is 7.22. The molecule has 0 saturated heterocycles. The smallest absolute Gasteiger partial charge is 0.269 e. The van der Waals surface area contributed by atoms with Gasteiger partial charge in [0.05, 0.1) is 12.7 Å². The first-order valence-electron chi connectivity index (χ1n) is 10.0. The molecule has 1 aliphatic rings. The number of benzene rings is 2. The highest BCUT2D eigenvalue weighted by molar-refractivity contribution is 7.90. The Labute approximate surface area is 187 Å². The van der Waals surface area contributed by atoms with Crippen molar-refractivity contribution < 1.29 is 27.5 Å². The first kappa shape index (κ1) is 23.3. The van der Waals surface area contributed by atoms with Gasteiger partial charge in [0.15, 0.2) is 0 Å². The molecule has 32 heavy (non-hydrogen) atoms. The molecule has 170 valence electrons. The molecule has 0 saturated carbocycles. The fraction of sp³-hybridized carbons (Fsp3) is 0.318. The van der Waals surface area contributed by atoms with E-state index < -0.39 is 34.4 Å². The Morgan fingerprint density at radius 2 is 1.78 bits per heavy atom. The maximum absolute atomic E-state index is 13.3. The van der Waals surface area contributed by atoms with Crippen LogP contribution in [0.3, 0.4) is 0 Å². The SMILES string of the molecule is CCC(C(=O)NC)N(Cc1ccc(OC)cc1)C(=O)CN1C(=O)c2ccccc2S1(=O)=O. The molecule has 3 rings (SSSR count). The molecule has 1 atom stereocenters. The first-order valence-corrected chi connectivity index (χ1v) is 11.5. The Bertz CT molecular complexity index is 1130. The van der Waals surface area contributed by atoms with Gasteiger partial charge in [0.1, 0.15) is 23.2 Å². The molecule has 0 radical (unpaired) electrons. The van der Waals surface area contributed by atoms with Crippen LogP contribution in [0.25, 0.3) is 0 Å². The van der Waals surface area contributed by atoms with Crippen molar-refractivity contribution in [3.63, 3.8) is 0 Å². The maximum Gasteiger partial charge on any atom is 0.269 e. The fourth-order valence-electron chi connectivity index (χ4n) is 3.61. The lowest BCUT2D eigenvalue weighted by atomic mass is 10.1. The van der Waals surface area contributed by atoms with E-state index in [-0.39, 0.29) is 22.9 Å². The fourth-order valence-corrected chi connectivity index (χ4v) is 5.13. The molecule has 2 aromatic carbocycles. The van der Waals surface area contributed by atoms with E-state index in [1.807, 2.05) is 0 Å². The largest absolute Gasteiger partial charge is 0.497 e. The maximum atomic E-state index is 13.3. The molecule has 1 heterocycles. The highest BCUT2D eigenvalue weighted by Crippen LogP contribution is 2.30. The van der Waals surface area contributed by atoms with Crippen LogP contribution >= 0.6 is 0 Å². The van der Waals surface area contributed by atoms with Gasteiger partial charge < -0.3 is 15.0 Å². The van der Waals surface area contributed by atoms with Crippen molar-refractivity contribution in [3.8, 4) is 5.75 Å². The number of rotatable bonds is 8. The number of sulfonamides is 1. The van der Waals surface area contributed by atoms with Gasteiger partial charge in [-0.25, -0.2) is 12.7 Å². The number of ether oxygens (including phenoxy) is 1. The second kappa shape index (κ2) is 9.39. The third kappa shape index (κ3) is 4.31. The number of methoxy groups -OCH3 is 1. The van der Waals surface area contributed by atoms with Crippen LogP contribution in [0.2, 0.25) is 0 Å². The predicted octanol–water partition coefficient (Wildman–Crippen LogP) is 1.39. The number of fused-ring (bicyclic) bond motifs is 1. The standard InChI is InChI=1S/C22H25N3O6S/c1-4-18(21(27)23-2)24(13-15-9-11-16(31-3)12-10-15)20(26)14-25-22(28)17-7-5-6-8-19(17)32(25,29)30/h5-12,18H,4,13-14H2,1-3H3,(H,23,27). The van der Waals surface area contributed by atoms with Gasteiger partial charge >= 0.3 is 0 Å². The highest BCUT2D eigenvalue weighted by Gasteiger charge is 2.43. The Morgan fingerprint density at radius 3 is 2.34 bits per heavy atom. The minimum absolute atomic E-state index is 0.0281. The quantitative estimate of drug-likeness (QED) is 0.638. The average Bonchev–Trinajstić information content (AvgIpc) is 2.99. The summed E-state index contributed by atoms with van der Waals surface area (Å²) in [7, 11) is -1.14. The van der Waals surface area contributed by atoms with Gasteiger partial charge in [-0.2, -0.15) is 0 Å². The molecule has 1 aliphatic heterocycles. The normalized spacial score (nSPS) is 15.1. The minimum atomic E-state index is -4.15. The summed E-state index contributed by atoms with van der Waals surface area (Å²) >= 11 is 0. The van der Waals surface area contributed by atoms with E-state index >= 15 is 0 Å². The zero-order valence-corrected chi connectivity index (χ0v) is 18.9. The number of carbonyl (C=O) groups excluding carboxylic acids is 3. The van der Waals surface area contributed by atoms with Crippen molar-refractivity contribution in [1.82, 2.24) is 14.5 Å². The van der Waals surface area contributed by atoms with Gasteiger partial charge in [-0.1, -0.05) is 31.2 Å². The molecule has 0 aliphatic carbocycles. The number of hydrogen-bond acceptors (Lipinski definition) is 6. The highest BCUT2D eigenvalue weighted by atomic mass is 32.2. The summed E-state index contributed by atoms with van der Waals surface area (Å²) in [6, 6.07) is 11.9. The summed E-state index contributed by atoms with van der Waals surface area (Å²) in [5.41, 5.74) is 0.751. The van der Waals surface area contributed by atoms with Crippen LogP contribution in [-0.2, 0) is 26.2 Å². The number of nitrogens with zero attached hydrogens (tertiary/aromatic N) is 2. The van der Waals surface area contributed by atoms with Gasteiger partial charge in [0.2, 0.25) is 11.8 Å². The summed E-state index contributed by atoms with van der Waals surface area (Å²) in [6.45, 7) is 1.12. The van der Waals surface area contributed by atoms with E-state index in [2.05, 4.69) is 5.32 Å². The zero-order valence-electron chi connectivity index (χ0n) is 18.1. The van der Waals surface area contributed by atoms with Crippen molar-refractivity contribution in [1.29, 1.82) is 0 Å². The van der Waals surface area contributed by atoms with Crippen LogP contribution in [0.5, 0.6) is 5.75 Å². The Hall–Kier alpha value is -3.40. The molecule has 0 bridgehead atoms. The molecule has 10 heteroatoms. The third-order valence-corrected chi connectivity index (χ3v) is 7.12. The van der Waals surface area contributed by atoms with Gasteiger partial charge in [0.25, 0.3) is 15.9 Å². The van der Waals surface area contributed by atoms with Crippen molar-refractivity contribution in [2.24, 2.45) is 0 Å². The molecule has 1 unspecified atom stereocenters. The number of carbonyl (C=O) groups is 3. The molecule has 1 N–H and O–H groups in total. The van der Waals surface area contributed by atoms with Gasteiger partial charge in [-0.3, -0.25) is 14.4 Å². The molecule has 3 amide bonds. The lowest BCUT2D eigenvalue weighted by molar-refractivity contribution is -0.141. The van der Waals surface area contributed by atoms with Crippen molar-refractivity contribution in [2.45, 2.75) is 30.8 Å². The van der Waals surface area contributed by atoms with Crippen LogP contribution in [0.1, 0.15) is 29.3 Å². The zero-order chi connectivity index (χ0) is 23.5. The van der Waals surface area contributed by atoms with E-state index in [1.165, 1.54) is 37.3 Å². The summed E-state index contributed by atoms with van der Waals surface area (Å²) in [5.74, 6) is -1.16. The van der Waals surface area contributed by atoms with E-state index in [0.717, 1.165) is 5.56 Å². The molecule has 9 nitrogen and oxygen atoms in total. The molecule has 0 spiro atoms. The first-order chi connectivity index (χ1) is 15.2. The Balaban J connectivity index is 1.91. The van der Waals surface area contributed by atoms with Crippen molar-refractivity contribution in [3.05, 3.63) is 59.7 Å². The summed E-state index contributed by atoms with van der Waals surface area (Å²) < 4.78 is 31.4. The van der Waals surface area contributed by atoms with E-state index in [4.69, 9.17) is 4.74 Å². The lowest BCUT2D eigenvalue weighted by Crippen LogP contribution is -2.51. The van der Waals surface area contributed by atoms with Gasteiger partial charge in [0, 0.05) is 13.6 Å². The van der Waals surface area contributed by atoms with E-state index in [1.54, 1.807) is 37.3 Å². The molecule has 0 fully saturated rings. The average molecular weight is 460 g/mol. The van der Waals surface area contributed by atoms with Gasteiger partial charge in [-0.15, -0.1) is 0 Å². The molecular weight excluding hydrogens is 434 g/mol. The Morgan fingerprint density at radius 1 is 1.12 bits per heavy atom. The third-order valence-electron chi connectivity index (χ3n) is 5.34. The molecule has 0 aromatic heterocycles. The van der Waals surface area contributed by atoms with E-state index in [9.17, 15) is 22.8 Å². The summed E-state index contributed by atoms with van der Waals surface area (Å²) in [5, 5.41) is 2.54. The monoisotopic (exact) mass is 459 g/mol. The van der Waals surface area contributed by atoms with Crippen LogP contribution < -0.4 is 10.1 Å². The number of amides is 3. The van der Waals surface area contributed by atoms with E-state index in [0.29, 0.717) is 16.5 Å². The predicted molar refractivity (Wildman–Crippen MR) is 116 cm³/mol. The lowest BCUT2D eigenvalue weighted by Gasteiger charge is -2.31. The Kier molecular flexibility index (Phi) is 6.83. The number of nitrogens with one attached hydrogen (secondary N) is 1. The summed E-state index contributed by atoms with van der Waals surface area (Å²) in [6.07, 6.45) is 0.308. The number of hydrogen-bond donors (Lipinski definition) is 1. The molecular formula is C22H25N3O6S. The topological polar surface area (TPSA) is 113 Å². The number of likely N-dealkylation sites (N-methyl/N-ethyl adjacent to an activating group) is 1. The van der Waals surface area contributed by atoms with Gasteiger partial charge in [-0.05, 0) is 36.2 Å². The van der Waals surface area contributed by atoms with Crippen LogP contribution in [-0.4, -0.2) is 62.1 Å². The summed E-state index contributed by atoms with van der Waals surface area (Å²) in [4.78, 5) is 39.6.